The van der Waals surface area contributed by atoms with Crippen LogP contribution in [0, 0.1) is 0 Å². The number of alkyl halides is 3. The van der Waals surface area contributed by atoms with E-state index in [-0.39, 0.29) is 24.1 Å². The molecule has 8 nitrogen and oxygen atoms in total. The third-order valence-electron chi connectivity index (χ3n) is 5.54. The maximum Gasteiger partial charge on any atom is 0.416 e. The number of rotatable bonds is 10. The Morgan fingerprint density at radius 3 is 2.33 bits per heavy atom. The summed E-state index contributed by atoms with van der Waals surface area (Å²) in [5.41, 5.74) is -0.148. The lowest BCUT2D eigenvalue weighted by Gasteiger charge is -2.28. The number of benzene rings is 3. The summed E-state index contributed by atoms with van der Waals surface area (Å²) in [5.74, 6) is 0.315. The molecule has 0 aromatic heterocycles. The van der Waals surface area contributed by atoms with Gasteiger partial charge in [0, 0.05) is 12.6 Å². The van der Waals surface area contributed by atoms with E-state index < -0.39 is 32.8 Å². The number of nitrogens with one attached hydrogen (secondary N) is 1. The van der Waals surface area contributed by atoms with Gasteiger partial charge < -0.3 is 23.9 Å². The number of nitrogens with zero attached hydrogens (tertiary/aromatic N) is 1. The molecule has 0 saturated heterocycles. The molecule has 0 aliphatic heterocycles. The van der Waals surface area contributed by atoms with Crippen molar-refractivity contribution in [3.8, 4) is 17.2 Å². The van der Waals surface area contributed by atoms with E-state index in [0.717, 1.165) is 18.2 Å². The van der Waals surface area contributed by atoms with E-state index in [4.69, 9.17) is 13.7 Å². The summed E-state index contributed by atoms with van der Waals surface area (Å²) in [5, 5.41) is 2.83. The van der Waals surface area contributed by atoms with E-state index in [2.05, 4.69) is 5.32 Å². The van der Waals surface area contributed by atoms with Crippen molar-refractivity contribution in [2.24, 2.45) is 0 Å². The minimum atomic E-state index is -4.73. The molecule has 0 fully saturated rings. The summed E-state index contributed by atoms with van der Waals surface area (Å²) >= 11 is 0. The zero-order chi connectivity index (χ0) is 28.8. The van der Waals surface area contributed by atoms with Crippen LogP contribution in [0.5, 0.6) is 17.2 Å². The Balaban J connectivity index is 1.87. The summed E-state index contributed by atoms with van der Waals surface area (Å²) in [7, 11) is -3.35. The highest BCUT2D eigenvalue weighted by Crippen LogP contribution is 2.34. The van der Waals surface area contributed by atoms with Crippen LogP contribution in [0.15, 0.2) is 71.6 Å². The highest BCUT2D eigenvalue weighted by atomic mass is 32.2. The van der Waals surface area contributed by atoms with Gasteiger partial charge in [-0.2, -0.15) is 21.6 Å². The molecule has 210 valence electrons. The van der Waals surface area contributed by atoms with Crippen LogP contribution >= 0.6 is 0 Å². The highest BCUT2D eigenvalue weighted by Gasteiger charge is 2.32. The number of para-hydroxylation sites is 2. The Labute approximate surface area is 225 Å². The number of carbonyl (C=O) groups is 1. The predicted octanol–water partition coefficient (Wildman–Crippen LogP) is 6.32. The molecule has 0 aliphatic carbocycles. The van der Waals surface area contributed by atoms with Crippen LogP contribution in [0.25, 0.3) is 0 Å². The van der Waals surface area contributed by atoms with Gasteiger partial charge in [-0.3, -0.25) is 0 Å². The number of methoxy groups -OCH3 is 1. The number of carbonyl (C=O) groups excluding carboxylic acids is 1. The van der Waals surface area contributed by atoms with Gasteiger partial charge in [-0.15, -0.1) is 0 Å². The molecule has 1 N–H and O–H groups in total. The van der Waals surface area contributed by atoms with Gasteiger partial charge in [-0.05, 0) is 68.8 Å². The maximum atomic E-state index is 13.2. The fraction of sp³-hybridized carbons (Fsp3) is 0.296. The van der Waals surface area contributed by atoms with Crippen LogP contribution in [-0.2, 0) is 22.8 Å². The van der Waals surface area contributed by atoms with Crippen LogP contribution in [0.1, 0.15) is 31.9 Å². The molecule has 0 saturated carbocycles. The van der Waals surface area contributed by atoms with Crippen molar-refractivity contribution in [1.82, 2.24) is 4.90 Å². The van der Waals surface area contributed by atoms with Gasteiger partial charge in [0.25, 0.3) is 0 Å². The van der Waals surface area contributed by atoms with Crippen molar-refractivity contribution in [3.05, 3.63) is 77.9 Å². The lowest BCUT2D eigenvalue weighted by molar-refractivity contribution is -0.137. The van der Waals surface area contributed by atoms with Crippen LogP contribution < -0.4 is 19.0 Å². The number of hydrogen-bond donors (Lipinski definition) is 1. The number of hydrogen-bond acceptors (Lipinski definition) is 6. The van der Waals surface area contributed by atoms with Gasteiger partial charge in [-0.1, -0.05) is 24.3 Å². The third kappa shape index (κ3) is 7.56. The molecule has 0 bridgehead atoms. The quantitative estimate of drug-likeness (QED) is 0.289. The first-order chi connectivity index (χ1) is 18.4. The SMILES string of the molecule is CCOc1ccccc1NC(=O)N(Cc1ccc(OC)c(OS(=O)(=O)c2cccc(C(F)(F)F)c2)c1)C(C)C. The summed E-state index contributed by atoms with van der Waals surface area (Å²) in [6.45, 7) is 5.93. The Kier molecular flexibility index (Phi) is 9.33. The van der Waals surface area contributed by atoms with Crippen molar-refractivity contribution < 1.29 is 40.0 Å². The first-order valence-corrected chi connectivity index (χ1v) is 13.3. The molecule has 0 atom stereocenters. The van der Waals surface area contributed by atoms with Crippen molar-refractivity contribution >= 4 is 21.8 Å². The minimum absolute atomic E-state index is 0.0421. The summed E-state index contributed by atoms with van der Waals surface area (Å²) in [4.78, 5) is 14.0. The molecular formula is C27H29F3N2O6S. The number of urea groups is 1. The number of ether oxygens (including phenoxy) is 2. The normalized spacial score (nSPS) is 11.7. The Bertz CT molecular complexity index is 1410. The van der Waals surface area contributed by atoms with E-state index in [1.165, 1.54) is 24.1 Å². The molecule has 0 heterocycles. The number of amides is 2. The monoisotopic (exact) mass is 566 g/mol. The lowest BCUT2D eigenvalue weighted by Crippen LogP contribution is -2.39. The summed E-state index contributed by atoms with van der Waals surface area (Å²) in [6.07, 6.45) is -4.73. The van der Waals surface area contributed by atoms with Crippen LogP contribution in [0.3, 0.4) is 0 Å². The Hall–Kier alpha value is -3.93. The molecule has 2 amide bonds. The van der Waals surface area contributed by atoms with Crippen LogP contribution in [-0.4, -0.2) is 39.1 Å². The third-order valence-corrected chi connectivity index (χ3v) is 6.77. The first kappa shape index (κ1) is 29.6. The molecule has 3 rings (SSSR count). The first-order valence-electron chi connectivity index (χ1n) is 11.9. The lowest BCUT2D eigenvalue weighted by atomic mass is 10.1. The molecule has 12 heteroatoms. The van der Waals surface area contributed by atoms with E-state index in [0.29, 0.717) is 29.7 Å². The minimum Gasteiger partial charge on any atom is -0.493 e. The Morgan fingerprint density at radius 1 is 0.974 bits per heavy atom. The Morgan fingerprint density at radius 2 is 1.69 bits per heavy atom. The van der Waals surface area contributed by atoms with Gasteiger partial charge in [0.15, 0.2) is 11.5 Å². The largest absolute Gasteiger partial charge is 0.493 e. The molecule has 0 spiro atoms. The molecule has 3 aromatic rings. The second-order valence-electron chi connectivity index (χ2n) is 8.63. The van der Waals surface area contributed by atoms with E-state index >= 15 is 0 Å². The van der Waals surface area contributed by atoms with Crippen molar-refractivity contribution in [3.63, 3.8) is 0 Å². The zero-order valence-electron chi connectivity index (χ0n) is 21.8. The van der Waals surface area contributed by atoms with E-state index in [1.807, 2.05) is 20.8 Å². The average Bonchev–Trinajstić information content (AvgIpc) is 2.88. The average molecular weight is 567 g/mol. The standard InChI is InChI=1S/C27H29F3N2O6S/c1-5-37-23-12-7-6-11-22(23)31-26(33)32(18(2)3)17-19-13-14-24(36-4)25(15-19)38-39(34,35)21-10-8-9-20(16-21)27(28,29)30/h6-16,18H,5,17H2,1-4H3,(H,31,33). The van der Waals surface area contributed by atoms with Crippen LogP contribution in [0.4, 0.5) is 23.7 Å². The van der Waals surface area contributed by atoms with Gasteiger partial charge in [-0.25, -0.2) is 4.79 Å². The van der Waals surface area contributed by atoms with Gasteiger partial charge in [0.2, 0.25) is 0 Å². The zero-order valence-corrected chi connectivity index (χ0v) is 22.6. The highest BCUT2D eigenvalue weighted by molar-refractivity contribution is 7.87. The topological polar surface area (TPSA) is 94.2 Å². The second-order valence-corrected chi connectivity index (χ2v) is 10.2. The van der Waals surface area contributed by atoms with Gasteiger partial charge >= 0.3 is 22.3 Å². The van der Waals surface area contributed by atoms with Gasteiger partial charge in [0.1, 0.15) is 10.6 Å². The molecule has 39 heavy (non-hydrogen) atoms. The molecular weight excluding hydrogens is 537 g/mol. The fourth-order valence-electron chi connectivity index (χ4n) is 3.60. The number of anilines is 1. The van der Waals surface area contributed by atoms with Gasteiger partial charge in [0.05, 0.1) is 25.0 Å². The van der Waals surface area contributed by atoms with Crippen molar-refractivity contribution in [2.75, 3.05) is 19.0 Å². The second kappa shape index (κ2) is 12.3. The van der Waals surface area contributed by atoms with Crippen molar-refractivity contribution in [2.45, 2.75) is 44.4 Å². The fourth-order valence-corrected chi connectivity index (χ4v) is 4.58. The molecule has 0 radical (unpaired) electrons. The summed E-state index contributed by atoms with van der Waals surface area (Å²) in [6, 6.07) is 14.0. The van der Waals surface area contributed by atoms with E-state index in [1.54, 1.807) is 30.3 Å². The molecule has 0 aliphatic rings. The predicted molar refractivity (Wildman–Crippen MR) is 140 cm³/mol. The summed E-state index contributed by atoms with van der Waals surface area (Å²) < 4.78 is 81.0. The van der Waals surface area contributed by atoms with E-state index in [9.17, 15) is 26.4 Å². The maximum absolute atomic E-state index is 13.2. The smallest absolute Gasteiger partial charge is 0.416 e. The molecule has 3 aromatic carbocycles. The molecule has 0 unspecified atom stereocenters. The van der Waals surface area contributed by atoms with Crippen LogP contribution in [0.2, 0.25) is 0 Å². The number of halogens is 3. The van der Waals surface area contributed by atoms with Crippen molar-refractivity contribution in [1.29, 1.82) is 0 Å².